The number of nitrogens with two attached hydrogens (primary N) is 1. The maximum absolute atomic E-state index is 11.5. The van der Waals surface area contributed by atoms with Gasteiger partial charge in [0.25, 0.3) is 0 Å². The zero-order valence-electron chi connectivity index (χ0n) is 7.32. The maximum Gasteiger partial charge on any atom is 0.210 e. The summed E-state index contributed by atoms with van der Waals surface area (Å²) in [6, 6.07) is 0. The number of hydrogen-bond acceptors (Lipinski definition) is 3. The van der Waals surface area contributed by atoms with E-state index in [0.717, 1.165) is 12.8 Å². The molecule has 0 heterocycles. The van der Waals surface area contributed by atoms with Crippen LogP contribution in [-0.4, -0.2) is 20.0 Å². The van der Waals surface area contributed by atoms with Crippen LogP contribution in [0.15, 0.2) is 0 Å². The highest BCUT2D eigenvalue weighted by atomic mass is 32.2. The van der Waals surface area contributed by atoms with E-state index in [-0.39, 0.29) is 11.5 Å². The van der Waals surface area contributed by atoms with Gasteiger partial charge < -0.3 is 0 Å². The first-order chi connectivity index (χ1) is 5.91. The third kappa shape index (κ3) is 1.50. The van der Waals surface area contributed by atoms with Gasteiger partial charge in [0.2, 0.25) is 10.0 Å². The molecule has 0 saturated heterocycles. The van der Waals surface area contributed by atoms with Crippen molar-refractivity contribution in [2.45, 2.75) is 25.7 Å². The first-order valence-corrected chi connectivity index (χ1v) is 6.17. The first kappa shape index (κ1) is 9.15. The summed E-state index contributed by atoms with van der Waals surface area (Å²) in [5.74, 6) is 0.391. The number of hydrogen-bond donors (Lipinski definition) is 1. The molecule has 0 aliphatic heterocycles. The summed E-state index contributed by atoms with van der Waals surface area (Å²) >= 11 is 0. The number of carbonyl (C=O) groups is 1. The number of primary sulfonamides is 1. The van der Waals surface area contributed by atoms with Crippen LogP contribution >= 0.6 is 0 Å². The highest BCUT2D eigenvalue weighted by Crippen LogP contribution is 2.51. The molecule has 2 N–H and O–H groups in total. The number of rotatable bonds is 2. The monoisotopic (exact) mass is 203 g/mol. The highest BCUT2D eigenvalue weighted by molar-refractivity contribution is 7.89. The topological polar surface area (TPSA) is 77.2 Å². The molecule has 4 nitrogen and oxygen atoms in total. The Morgan fingerprint density at radius 1 is 1.54 bits per heavy atom. The van der Waals surface area contributed by atoms with Crippen molar-refractivity contribution in [2.24, 2.45) is 16.5 Å². The Kier molecular flexibility index (Phi) is 1.79. The van der Waals surface area contributed by atoms with Crippen molar-refractivity contribution < 1.29 is 13.2 Å². The summed E-state index contributed by atoms with van der Waals surface area (Å²) in [4.78, 5) is 11.5. The fourth-order valence-corrected chi connectivity index (χ4v) is 3.93. The number of Topliss-reactive ketones (excluding diaryl/α,β-unsaturated/α-hetero) is 1. The lowest BCUT2D eigenvalue weighted by Gasteiger charge is -2.22. The molecule has 0 aromatic rings. The Morgan fingerprint density at radius 2 is 2.23 bits per heavy atom. The SMILES string of the molecule is NS(=O)(=O)C[C@@]12CC[C@@H](CC1=O)C2. The molecule has 0 aromatic heterocycles. The van der Waals surface area contributed by atoms with Gasteiger partial charge >= 0.3 is 0 Å². The average Bonchev–Trinajstić information content (AvgIpc) is 2.39. The Labute approximate surface area is 77.5 Å². The first-order valence-electron chi connectivity index (χ1n) is 4.45. The van der Waals surface area contributed by atoms with Gasteiger partial charge in [-0.05, 0) is 25.2 Å². The lowest BCUT2D eigenvalue weighted by molar-refractivity contribution is -0.125. The third-order valence-corrected chi connectivity index (χ3v) is 4.21. The Morgan fingerprint density at radius 3 is 2.62 bits per heavy atom. The number of fused-ring (bicyclic) bond motifs is 2. The summed E-state index contributed by atoms with van der Waals surface area (Å²) in [6.07, 6.45) is 3.01. The molecule has 2 rings (SSSR count). The van der Waals surface area contributed by atoms with Crippen LogP contribution in [0.5, 0.6) is 0 Å². The molecule has 74 valence electrons. The summed E-state index contributed by atoms with van der Waals surface area (Å²) in [5, 5.41) is 4.98. The fraction of sp³-hybridized carbons (Fsp3) is 0.875. The van der Waals surface area contributed by atoms with Crippen LogP contribution in [0, 0.1) is 11.3 Å². The van der Waals surface area contributed by atoms with Gasteiger partial charge in [0.1, 0.15) is 5.78 Å². The molecule has 2 bridgehead atoms. The molecular formula is C8H13NO3S. The van der Waals surface area contributed by atoms with E-state index in [9.17, 15) is 13.2 Å². The van der Waals surface area contributed by atoms with Crippen LogP contribution in [0.2, 0.25) is 0 Å². The van der Waals surface area contributed by atoms with Gasteiger partial charge in [0.15, 0.2) is 0 Å². The molecule has 2 saturated carbocycles. The second-order valence-corrected chi connectivity index (χ2v) is 5.94. The van der Waals surface area contributed by atoms with Crippen molar-refractivity contribution in [3.8, 4) is 0 Å². The summed E-state index contributed by atoms with van der Waals surface area (Å²) in [5.41, 5.74) is -0.599. The van der Waals surface area contributed by atoms with Crippen molar-refractivity contribution in [3.63, 3.8) is 0 Å². The molecule has 13 heavy (non-hydrogen) atoms. The molecule has 5 heteroatoms. The molecule has 2 aliphatic carbocycles. The smallest absolute Gasteiger partial charge is 0.210 e. The molecule has 0 unspecified atom stereocenters. The molecule has 0 spiro atoms. The predicted molar refractivity (Wildman–Crippen MR) is 47.4 cm³/mol. The van der Waals surface area contributed by atoms with E-state index >= 15 is 0 Å². The predicted octanol–water partition coefficient (Wildman–Crippen LogP) is 0.0342. The van der Waals surface area contributed by atoms with Gasteiger partial charge in [-0.25, -0.2) is 13.6 Å². The molecule has 2 aliphatic rings. The highest BCUT2D eigenvalue weighted by Gasteiger charge is 2.53. The molecule has 2 atom stereocenters. The van der Waals surface area contributed by atoms with Crippen molar-refractivity contribution in [1.29, 1.82) is 0 Å². The van der Waals surface area contributed by atoms with Crippen LogP contribution in [0.3, 0.4) is 0 Å². The van der Waals surface area contributed by atoms with Gasteiger partial charge in [-0.15, -0.1) is 0 Å². The number of carbonyl (C=O) groups excluding carboxylic acids is 1. The number of sulfonamides is 1. The Hall–Kier alpha value is -0.420. The molecule has 0 amide bonds. The Bertz CT molecular complexity index is 348. The standard InChI is InChI=1S/C8H13NO3S/c9-13(11,12)5-8-2-1-6(4-8)3-7(8)10/h6H,1-5H2,(H2,9,11,12)/t6-,8-/m0/s1. The maximum atomic E-state index is 11.5. The second kappa shape index (κ2) is 2.54. The van der Waals surface area contributed by atoms with E-state index in [0.29, 0.717) is 18.8 Å². The van der Waals surface area contributed by atoms with Gasteiger partial charge in [-0.2, -0.15) is 0 Å². The molecule has 0 aromatic carbocycles. The minimum Gasteiger partial charge on any atom is -0.299 e. The minimum atomic E-state index is -3.51. The van der Waals surface area contributed by atoms with Crippen molar-refractivity contribution in [3.05, 3.63) is 0 Å². The van der Waals surface area contributed by atoms with E-state index in [1.54, 1.807) is 0 Å². The summed E-state index contributed by atoms with van der Waals surface area (Å²) in [6.45, 7) is 0. The lowest BCUT2D eigenvalue weighted by atomic mass is 9.85. The molecule has 0 radical (unpaired) electrons. The fourth-order valence-electron chi connectivity index (χ4n) is 2.74. The summed E-state index contributed by atoms with van der Waals surface area (Å²) in [7, 11) is -3.51. The molecular weight excluding hydrogens is 190 g/mol. The van der Waals surface area contributed by atoms with E-state index in [2.05, 4.69) is 0 Å². The van der Waals surface area contributed by atoms with Crippen LogP contribution in [-0.2, 0) is 14.8 Å². The van der Waals surface area contributed by atoms with E-state index in [1.807, 2.05) is 0 Å². The average molecular weight is 203 g/mol. The third-order valence-electron chi connectivity index (χ3n) is 3.25. The van der Waals surface area contributed by atoms with Crippen molar-refractivity contribution >= 4 is 15.8 Å². The minimum absolute atomic E-state index is 0.109. The second-order valence-electron chi connectivity index (χ2n) is 4.32. The summed E-state index contributed by atoms with van der Waals surface area (Å²) < 4.78 is 21.9. The van der Waals surface area contributed by atoms with Crippen molar-refractivity contribution in [1.82, 2.24) is 0 Å². The zero-order chi connectivity index (χ0) is 9.69. The van der Waals surface area contributed by atoms with Crippen LogP contribution in [0.4, 0.5) is 0 Å². The van der Waals surface area contributed by atoms with Gasteiger partial charge in [-0.1, -0.05) is 0 Å². The van der Waals surface area contributed by atoms with Gasteiger partial charge in [0.05, 0.1) is 5.75 Å². The van der Waals surface area contributed by atoms with Crippen LogP contribution < -0.4 is 5.14 Å². The van der Waals surface area contributed by atoms with Crippen LogP contribution in [0.1, 0.15) is 25.7 Å². The largest absolute Gasteiger partial charge is 0.299 e. The zero-order valence-corrected chi connectivity index (χ0v) is 8.14. The lowest BCUT2D eigenvalue weighted by Crippen LogP contribution is -2.36. The van der Waals surface area contributed by atoms with Gasteiger partial charge in [0, 0.05) is 11.8 Å². The van der Waals surface area contributed by atoms with Gasteiger partial charge in [-0.3, -0.25) is 4.79 Å². The molecule has 2 fully saturated rings. The van der Waals surface area contributed by atoms with Crippen LogP contribution in [0.25, 0.3) is 0 Å². The van der Waals surface area contributed by atoms with E-state index in [4.69, 9.17) is 5.14 Å². The number of ketones is 1. The van der Waals surface area contributed by atoms with E-state index in [1.165, 1.54) is 0 Å². The Balaban J connectivity index is 2.25. The van der Waals surface area contributed by atoms with Crippen molar-refractivity contribution in [2.75, 3.05) is 5.75 Å². The normalized spacial score (nSPS) is 38.5. The van der Waals surface area contributed by atoms with E-state index < -0.39 is 15.4 Å². The quantitative estimate of drug-likeness (QED) is 0.688.